The molecule has 0 unspecified atom stereocenters. The van der Waals surface area contributed by atoms with Crippen LogP contribution in [0.25, 0.3) is 0 Å². The van der Waals surface area contributed by atoms with Crippen molar-refractivity contribution in [3.63, 3.8) is 0 Å². The van der Waals surface area contributed by atoms with Crippen molar-refractivity contribution in [3.8, 4) is 0 Å². The second kappa shape index (κ2) is 3.76. The number of hydrogen-bond donors (Lipinski definition) is 2. The Hall–Kier alpha value is -1.78. The molecule has 1 aromatic rings. The molecule has 1 heterocycles. The van der Waals surface area contributed by atoms with E-state index >= 15 is 0 Å². The van der Waals surface area contributed by atoms with Gasteiger partial charge in [0.1, 0.15) is 0 Å². The summed E-state index contributed by atoms with van der Waals surface area (Å²) in [6, 6.07) is 3.29. The van der Waals surface area contributed by atoms with E-state index in [4.69, 9.17) is 10.9 Å². The second-order valence-corrected chi connectivity index (χ2v) is 3.81. The van der Waals surface area contributed by atoms with Crippen LogP contribution >= 0.6 is 0 Å². The van der Waals surface area contributed by atoms with Crippen LogP contribution in [0.5, 0.6) is 0 Å². The lowest BCUT2D eigenvalue weighted by atomic mass is 10.2. The molecule has 1 fully saturated rings. The monoisotopic (exact) mass is 207 g/mol. The van der Waals surface area contributed by atoms with E-state index in [9.17, 15) is 4.79 Å². The van der Waals surface area contributed by atoms with Crippen molar-refractivity contribution in [3.05, 3.63) is 34.2 Å². The van der Waals surface area contributed by atoms with Crippen LogP contribution < -0.4 is 11.3 Å². The molecule has 1 aliphatic carbocycles. The van der Waals surface area contributed by atoms with Gasteiger partial charge in [0.05, 0.1) is 5.56 Å². The molecule has 0 saturated heterocycles. The van der Waals surface area contributed by atoms with Crippen LogP contribution in [0.4, 0.5) is 0 Å². The smallest absolute Gasteiger partial charge is 0.261 e. The Kier molecular flexibility index (Phi) is 2.45. The highest BCUT2D eigenvalue weighted by Crippen LogP contribution is 2.29. The van der Waals surface area contributed by atoms with E-state index in [1.165, 1.54) is 12.8 Å². The molecule has 0 aliphatic heterocycles. The van der Waals surface area contributed by atoms with E-state index in [2.05, 4.69) is 5.16 Å². The van der Waals surface area contributed by atoms with Gasteiger partial charge in [0.2, 0.25) is 0 Å². The summed E-state index contributed by atoms with van der Waals surface area (Å²) in [6.45, 7) is 0.728. The summed E-state index contributed by atoms with van der Waals surface area (Å²) in [5.74, 6) is 0.482. The molecule has 15 heavy (non-hydrogen) atoms. The summed E-state index contributed by atoms with van der Waals surface area (Å²) in [7, 11) is 0. The third-order valence-electron chi connectivity index (χ3n) is 2.56. The standard InChI is InChI=1S/C10H13N3O2/c11-9(12-15)8-2-1-5-13(10(8)14)6-7-3-4-7/h1-2,5,7,15H,3-4,6H2,(H2,11,12). The van der Waals surface area contributed by atoms with Crippen LogP contribution in [0, 0.1) is 5.92 Å². The number of amidine groups is 1. The van der Waals surface area contributed by atoms with Crippen LogP contribution in [-0.4, -0.2) is 15.6 Å². The maximum atomic E-state index is 11.8. The molecule has 2 rings (SSSR count). The minimum absolute atomic E-state index is 0.134. The molecule has 3 N–H and O–H groups in total. The van der Waals surface area contributed by atoms with Gasteiger partial charge in [-0.25, -0.2) is 0 Å². The minimum atomic E-state index is -0.195. The summed E-state index contributed by atoms with van der Waals surface area (Å²) in [4.78, 5) is 11.8. The average molecular weight is 207 g/mol. The fraction of sp³-hybridized carbons (Fsp3) is 0.400. The number of nitrogens with zero attached hydrogens (tertiary/aromatic N) is 2. The Morgan fingerprint density at radius 2 is 2.40 bits per heavy atom. The van der Waals surface area contributed by atoms with Crippen molar-refractivity contribution in [1.29, 1.82) is 0 Å². The molecule has 0 aromatic carbocycles. The van der Waals surface area contributed by atoms with Crippen LogP contribution in [0.15, 0.2) is 28.3 Å². The van der Waals surface area contributed by atoms with E-state index in [0.717, 1.165) is 6.54 Å². The van der Waals surface area contributed by atoms with E-state index < -0.39 is 0 Å². The van der Waals surface area contributed by atoms with Gasteiger partial charge in [0.15, 0.2) is 5.84 Å². The van der Waals surface area contributed by atoms with Crippen LogP contribution in [0.2, 0.25) is 0 Å². The minimum Gasteiger partial charge on any atom is -0.409 e. The van der Waals surface area contributed by atoms with Gasteiger partial charge < -0.3 is 15.5 Å². The van der Waals surface area contributed by atoms with Crippen molar-refractivity contribution >= 4 is 5.84 Å². The Balaban J connectivity index is 2.36. The van der Waals surface area contributed by atoms with Crippen molar-refractivity contribution in [2.45, 2.75) is 19.4 Å². The molecule has 0 bridgehead atoms. The number of pyridine rings is 1. The normalized spacial score (nSPS) is 16.7. The zero-order chi connectivity index (χ0) is 10.8. The van der Waals surface area contributed by atoms with Gasteiger partial charge >= 0.3 is 0 Å². The van der Waals surface area contributed by atoms with Crippen LogP contribution in [0.3, 0.4) is 0 Å². The van der Waals surface area contributed by atoms with Crippen molar-refractivity contribution in [1.82, 2.24) is 4.57 Å². The highest BCUT2D eigenvalue weighted by Gasteiger charge is 2.22. The third kappa shape index (κ3) is 2.01. The summed E-state index contributed by atoms with van der Waals surface area (Å²) in [5, 5.41) is 11.3. The summed E-state index contributed by atoms with van der Waals surface area (Å²) in [5.41, 5.74) is 5.45. The highest BCUT2D eigenvalue weighted by molar-refractivity contribution is 5.96. The van der Waals surface area contributed by atoms with Gasteiger partial charge in [-0.1, -0.05) is 5.16 Å². The maximum absolute atomic E-state index is 11.8. The van der Waals surface area contributed by atoms with E-state index in [-0.39, 0.29) is 17.0 Å². The molecular formula is C10H13N3O2. The SMILES string of the molecule is N/C(=N/O)c1cccn(CC2CC2)c1=O. The second-order valence-electron chi connectivity index (χ2n) is 3.81. The third-order valence-corrected chi connectivity index (χ3v) is 2.56. The average Bonchev–Trinajstić information content (AvgIpc) is 3.04. The zero-order valence-corrected chi connectivity index (χ0v) is 8.26. The fourth-order valence-corrected chi connectivity index (χ4v) is 1.51. The topological polar surface area (TPSA) is 80.6 Å². The van der Waals surface area contributed by atoms with Gasteiger partial charge in [-0.2, -0.15) is 0 Å². The van der Waals surface area contributed by atoms with Gasteiger partial charge in [0.25, 0.3) is 5.56 Å². The molecule has 5 nitrogen and oxygen atoms in total. The fourth-order valence-electron chi connectivity index (χ4n) is 1.51. The number of rotatable bonds is 3. The lowest BCUT2D eigenvalue weighted by Crippen LogP contribution is -2.30. The number of aromatic nitrogens is 1. The van der Waals surface area contributed by atoms with Crippen molar-refractivity contribution < 1.29 is 5.21 Å². The van der Waals surface area contributed by atoms with Gasteiger partial charge in [-0.05, 0) is 30.9 Å². The largest absolute Gasteiger partial charge is 0.409 e. The zero-order valence-electron chi connectivity index (χ0n) is 8.26. The number of nitrogens with two attached hydrogens (primary N) is 1. The van der Waals surface area contributed by atoms with Gasteiger partial charge in [-0.3, -0.25) is 4.79 Å². The quantitative estimate of drug-likeness (QED) is 0.325. The van der Waals surface area contributed by atoms with Crippen molar-refractivity contribution in [2.75, 3.05) is 0 Å². The maximum Gasteiger partial charge on any atom is 0.261 e. The van der Waals surface area contributed by atoms with E-state index in [1.54, 1.807) is 22.9 Å². The van der Waals surface area contributed by atoms with Crippen molar-refractivity contribution in [2.24, 2.45) is 16.8 Å². The first-order chi connectivity index (χ1) is 7.22. The predicted octanol–water partition coefficient (Wildman–Crippen LogP) is 0.353. The molecule has 1 aliphatic rings. The van der Waals surface area contributed by atoms with E-state index in [0.29, 0.717) is 5.92 Å². The number of hydrogen-bond acceptors (Lipinski definition) is 3. The summed E-state index contributed by atoms with van der Waals surface area (Å²) < 4.78 is 1.62. The highest BCUT2D eigenvalue weighted by atomic mass is 16.4. The molecule has 1 aromatic heterocycles. The molecule has 0 amide bonds. The Labute approximate surface area is 86.8 Å². The van der Waals surface area contributed by atoms with Gasteiger partial charge in [0, 0.05) is 12.7 Å². The lowest BCUT2D eigenvalue weighted by molar-refractivity contribution is 0.318. The molecule has 80 valence electrons. The molecule has 5 heteroatoms. The van der Waals surface area contributed by atoms with Crippen LogP contribution in [0.1, 0.15) is 18.4 Å². The Morgan fingerprint density at radius 3 is 3.00 bits per heavy atom. The molecule has 0 radical (unpaired) electrons. The molecule has 0 atom stereocenters. The summed E-state index contributed by atoms with van der Waals surface area (Å²) >= 11 is 0. The Morgan fingerprint density at radius 1 is 1.67 bits per heavy atom. The van der Waals surface area contributed by atoms with Gasteiger partial charge in [-0.15, -0.1) is 0 Å². The lowest BCUT2D eigenvalue weighted by Gasteiger charge is -2.05. The molecule has 1 saturated carbocycles. The first-order valence-corrected chi connectivity index (χ1v) is 4.89. The predicted molar refractivity (Wildman–Crippen MR) is 55.9 cm³/mol. The first-order valence-electron chi connectivity index (χ1n) is 4.89. The Bertz CT molecular complexity index is 446. The first kappa shape index (κ1) is 9.76. The molecule has 0 spiro atoms. The van der Waals surface area contributed by atoms with E-state index in [1.807, 2.05) is 0 Å². The van der Waals surface area contributed by atoms with Crippen LogP contribution in [-0.2, 0) is 6.54 Å². The number of oxime groups is 1. The summed E-state index contributed by atoms with van der Waals surface area (Å²) in [6.07, 6.45) is 4.09. The molecular weight excluding hydrogens is 194 g/mol.